The fourth-order valence-electron chi connectivity index (χ4n) is 1.30. The van der Waals surface area contributed by atoms with E-state index in [1.807, 2.05) is 0 Å². The zero-order valence-electron chi connectivity index (χ0n) is 9.16. The van der Waals surface area contributed by atoms with Gasteiger partial charge in [-0.15, -0.1) is 0 Å². The van der Waals surface area contributed by atoms with Gasteiger partial charge in [-0.1, -0.05) is 34.8 Å². The van der Waals surface area contributed by atoms with Crippen molar-refractivity contribution >= 4 is 34.8 Å². The minimum atomic E-state index is 0.377. The lowest BCUT2D eigenvalue weighted by Gasteiger charge is -2.08. The maximum absolute atomic E-state index is 6.00. The lowest BCUT2D eigenvalue weighted by Crippen LogP contribution is -1.98. The van der Waals surface area contributed by atoms with Gasteiger partial charge in [0.15, 0.2) is 0 Å². The topological polar surface area (TPSA) is 48.1 Å². The molecule has 2 aromatic rings. The first-order chi connectivity index (χ1) is 8.60. The van der Waals surface area contributed by atoms with Crippen LogP contribution in [0.1, 0.15) is 5.69 Å². The smallest absolute Gasteiger partial charge is 0.147 e. The maximum atomic E-state index is 6.00. The number of rotatable bonds is 3. The molecular formula is C12H9Cl3N2O. The van der Waals surface area contributed by atoms with E-state index in [-0.39, 0.29) is 0 Å². The Hall–Kier alpha value is -1.00. The summed E-state index contributed by atoms with van der Waals surface area (Å²) in [5, 5.41) is 1.14. The Kier molecular flexibility index (Phi) is 4.30. The quantitative estimate of drug-likeness (QED) is 0.860. The summed E-state index contributed by atoms with van der Waals surface area (Å²) >= 11 is 17.7. The van der Waals surface area contributed by atoms with Crippen molar-refractivity contribution < 1.29 is 4.74 Å². The van der Waals surface area contributed by atoms with Gasteiger partial charge in [0, 0.05) is 12.6 Å². The highest BCUT2D eigenvalue weighted by Crippen LogP contribution is 2.36. The third-order valence-corrected chi connectivity index (χ3v) is 3.23. The molecule has 0 saturated heterocycles. The van der Waals surface area contributed by atoms with Crippen LogP contribution < -0.4 is 10.5 Å². The standard InChI is InChI=1S/C12H9Cl3N2O/c13-9-3-11(15)12(4-10(9)14)18-8-2-1-7(5-16)17-6-8/h1-4,6H,5,16H2. The highest BCUT2D eigenvalue weighted by Gasteiger charge is 2.08. The predicted molar refractivity (Wildman–Crippen MR) is 73.7 cm³/mol. The second-order valence-corrected chi connectivity index (χ2v) is 4.71. The molecule has 1 aromatic carbocycles. The molecule has 0 bridgehead atoms. The van der Waals surface area contributed by atoms with Crippen LogP contribution in [-0.4, -0.2) is 4.98 Å². The van der Waals surface area contributed by atoms with E-state index < -0.39 is 0 Å². The van der Waals surface area contributed by atoms with E-state index in [0.29, 0.717) is 33.1 Å². The number of aromatic nitrogens is 1. The molecule has 94 valence electrons. The number of benzene rings is 1. The summed E-state index contributed by atoms with van der Waals surface area (Å²) < 4.78 is 5.57. The van der Waals surface area contributed by atoms with Crippen LogP contribution in [0.2, 0.25) is 15.1 Å². The van der Waals surface area contributed by atoms with Crippen LogP contribution in [0.5, 0.6) is 11.5 Å². The van der Waals surface area contributed by atoms with Gasteiger partial charge in [0.2, 0.25) is 0 Å². The second kappa shape index (κ2) is 5.76. The molecule has 3 nitrogen and oxygen atoms in total. The molecular weight excluding hydrogens is 295 g/mol. The zero-order chi connectivity index (χ0) is 13.1. The van der Waals surface area contributed by atoms with Crippen LogP contribution in [0.4, 0.5) is 0 Å². The molecule has 18 heavy (non-hydrogen) atoms. The number of nitrogens with zero attached hydrogens (tertiary/aromatic N) is 1. The Morgan fingerprint density at radius 2 is 1.78 bits per heavy atom. The molecule has 2 rings (SSSR count). The molecule has 0 spiro atoms. The van der Waals surface area contributed by atoms with Gasteiger partial charge in [-0.3, -0.25) is 4.98 Å². The van der Waals surface area contributed by atoms with Crippen LogP contribution in [0.15, 0.2) is 30.5 Å². The normalized spacial score (nSPS) is 10.4. The summed E-state index contributed by atoms with van der Waals surface area (Å²) in [7, 11) is 0. The number of pyridine rings is 1. The zero-order valence-corrected chi connectivity index (χ0v) is 11.4. The van der Waals surface area contributed by atoms with Crippen molar-refractivity contribution in [2.45, 2.75) is 6.54 Å². The largest absolute Gasteiger partial charge is 0.454 e. The van der Waals surface area contributed by atoms with Crippen LogP contribution in [0.3, 0.4) is 0 Å². The third kappa shape index (κ3) is 3.06. The monoisotopic (exact) mass is 302 g/mol. The molecule has 1 aromatic heterocycles. The summed E-state index contributed by atoms with van der Waals surface area (Å²) in [6.45, 7) is 0.383. The molecule has 0 atom stereocenters. The molecule has 0 unspecified atom stereocenters. The van der Waals surface area contributed by atoms with Crippen molar-refractivity contribution in [3.63, 3.8) is 0 Å². The Bertz CT molecular complexity index is 558. The first-order valence-corrected chi connectivity index (χ1v) is 6.21. The summed E-state index contributed by atoms with van der Waals surface area (Å²) in [5.41, 5.74) is 6.24. The maximum Gasteiger partial charge on any atom is 0.147 e. The number of halogens is 3. The van der Waals surface area contributed by atoms with Crippen molar-refractivity contribution in [3.8, 4) is 11.5 Å². The van der Waals surface area contributed by atoms with E-state index in [1.165, 1.54) is 6.07 Å². The van der Waals surface area contributed by atoms with E-state index in [2.05, 4.69) is 4.98 Å². The van der Waals surface area contributed by atoms with Gasteiger partial charge in [-0.25, -0.2) is 0 Å². The van der Waals surface area contributed by atoms with Crippen molar-refractivity contribution in [2.24, 2.45) is 5.73 Å². The van der Waals surface area contributed by atoms with E-state index in [9.17, 15) is 0 Å². The van der Waals surface area contributed by atoms with Crippen LogP contribution in [-0.2, 0) is 6.54 Å². The van der Waals surface area contributed by atoms with Crippen LogP contribution in [0.25, 0.3) is 0 Å². The van der Waals surface area contributed by atoms with Crippen LogP contribution >= 0.6 is 34.8 Å². The lowest BCUT2D eigenvalue weighted by molar-refractivity contribution is 0.480. The van der Waals surface area contributed by atoms with E-state index in [1.54, 1.807) is 24.4 Å². The first-order valence-electron chi connectivity index (χ1n) is 5.07. The minimum absolute atomic E-state index is 0.377. The number of ether oxygens (including phenoxy) is 1. The Morgan fingerprint density at radius 1 is 1.06 bits per heavy atom. The van der Waals surface area contributed by atoms with Gasteiger partial charge < -0.3 is 10.5 Å². The Balaban J connectivity index is 2.25. The SMILES string of the molecule is NCc1ccc(Oc2cc(Cl)c(Cl)cc2Cl)cn1. The van der Waals surface area contributed by atoms with E-state index in [0.717, 1.165) is 5.69 Å². The highest BCUT2D eigenvalue weighted by molar-refractivity contribution is 6.43. The third-order valence-electron chi connectivity index (χ3n) is 2.21. The van der Waals surface area contributed by atoms with E-state index >= 15 is 0 Å². The molecule has 0 aliphatic carbocycles. The molecule has 1 heterocycles. The molecule has 0 fully saturated rings. The Morgan fingerprint density at radius 3 is 2.39 bits per heavy atom. The van der Waals surface area contributed by atoms with Gasteiger partial charge in [0.1, 0.15) is 11.5 Å². The van der Waals surface area contributed by atoms with Crippen molar-refractivity contribution in [1.82, 2.24) is 4.98 Å². The van der Waals surface area contributed by atoms with Gasteiger partial charge in [-0.2, -0.15) is 0 Å². The minimum Gasteiger partial charge on any atom is -0.454 e. The average Bonchev–Trinajstić information content (AvgIpc) is 2.37. The molecule has 6 heteroatoms. The summed E-state index contributed by atoms with van der Waals surface area (Å²) in [4.78, 5) is 4.11. The summed E-state index contributed by atoms with van der Waals surface area (Å²) in [6.07, 6.45) is 1.57. The number of nitrogens with two attached hydrogens (primary N) is 1. The number of hydrogen-bond acceptors (Lipinski definition) is 3. The lowest BCUT2D eigenvalue weighted by atomic mass is 10.3. The molecule has 0 amide bonds. The second-order valence-electron chi connectivity index (χ2n) is 3.49. The van der Waals surface area contributed by atoms with Gasteiger partial charge in [0.25, 0.3) is 0 Å². The first kappa shape index (κ1) is 13.4. The average molecular weight is 304 g/mol. The molecule has 2 N–H and O–H groups in total. The fraction of sp³-hybridized carbons (Fsp3) is 0.0833. The van der Waals surface area contributed by atoms with Gasteiger partial charge >= 0.3 is 0 Å². The fourth-order valence-corrected chi connectivity index (χ4v) is 1.88. The highest BCUT2D eigenvalue weighted by atomic mass is 35.5. The number of hydrogen-bond donors (Lipinski definition) is 1. The molecule has 0 saturated carbocycles. The molecule has 0 aliphatic rings. The molecule has 0 aliphatic heterocycles. The van der Waals surface area contributed by atoms with E-state index in [4.69, 9.17) is 45.3 Å². The van der Waals surface area contributed by atoms with Crippen molar-refractivity contribution in [3.05, 3.63) is 51.2 Å². The Labute approximate surface area is 119 Å². The van der Waals surface area contributed by atoms with Crippen molar-refractivity contribution in [1.29, 1.82) is 0 Å². The van der Waals surface area contributed by atoms with Gasteiger partial charge in [0.05, 0.1) is 27.0 Å². The van der Waals surface area contributed by atoms with Crippen molar-refractivity contribution in [2.75, 3.05) is 0 Å². The summed E-state index contributed by atoms with van der Waals surface area (Å²) in [5.74, 6) is 0.973. The molecule has 0 radical (unpaired) electrons. The van der Waals surface area contributed by atoms with Gasteiger partial charge in [-0.05, 0) is 18.2 Å². The van der Waals surface area contributed by atoms with Crippen LogP contribution in [0, 0.1) is 0 Å². The predicted octanol–water partition coefficient (Wildman–Crippen LogP) is 4.29. The summed E-state index contributed by atoms with van der Waals surface area (Å²) in [6, 6.07) is 6.63.